The second-order valence-electron chi connectivity index (χ2n) is 3.60. The fraction of sp³-hybridized carbons (Fsp3) is 0.364. The number of rotatable bonds is 0. The summed E-state index contributed by atoms with van der Waals surface area (Å²) in [7, 11) is 0. The van der Waals surface area contributed by atoms with Crippen LogP contribution in [-0.4, -0.2) is 31.5 Å². The molecular formula is C11H12N2O. The molecule has 1 saturated heterocycles. The average molecular weight is 188 g/mol. The standard InChI is InChI=1S/C11H12N2O/c1-2-11-9(7-12-5-6-14-11)8-3-4-13-10(1)8/h1-4,11-12H,5-7H2. The molecule has 0 aromatic rings. The molecule has 1 aliphatic carbocycles. The molecule has 0 radical (unpaired) electrons. The van der Waals surface area contributed by atoms with Crippen LogP contribution in [0.4, 0.5) is 0 Å². The first-order valence-electron chi connectivity index (χ1n) is 4.93. The molecule has 0 bridgehead atoms. The van der Waals surface area contributed by atoms with Crippen LogP contribution in [0.25, 0.3) is 0 Å². The van der Waals surface area contributed by atoms with E-state index in [4.69, 9.17) is 4.74 Å². The van der Waals surface area contributed by atoms with Crippen molar-refractivity contribution in [3.8, 4) is 0 Å². The van der Waals surface area contributed by atoms with Gasteiger partial charge in [-0.15, -0.1) is 0 Å². The van der Waals surface area contributed by atoms with Crippen LogP contribution in [0.3, 0.4) is 0 Å². The number of allylic oxidation sites excluding steroid dienone is 3. The summed E-state index contributed by atoms with van der Waals surface area (Å²) in [4.78, 5) is 4.29. The second kappa shape index (κ2) is 3.19. The van der Waals surface area contributed by atoms with Gasteiger partial charge in [0.25, 0.3) is 0 Å². The van der Waals surface area contributed by atoms with Crippen molar-refractivity contribution in [3.05, 3.63) is 35.6 Å². The zero-order valence-electron chi connectivity index (χ0n) is 7.86. The molecule has 1 atom stereocenters. The van der Waals surface area contributed by atoms with Crippen LogP contribution in [0.15, 0.2) is 40.6 Å². The van der Waals surface area contributed by atoms with Gasteiger partial charge in [-0.25, -0.2) is 0 Å². The Bertz CT molecular complexity index is 377. The molecule has 14 heavy (non-hydrogen) atoms. The van der Waals surface area contributed by atoms with E-state index in [1.807, 2.05) is 6.20 Å². The molecule has 2 aliphatic heterocycles. The summed E-state index contributed by atoms with van der Waals surface area (Å²) in [5.74, 6) is 0. The van der Waals surface area contributed by atoms with Gasteiger partial charge < -0.3 is 10.1 Å². The van der Waals surface area contributed by atoms with Crippen molar-refractivity contribution >= 4 is 5.71 Å². The maximum Gasteiger partial charge on any atom is 0.0993 e. The third-order valence-corrected chi connectivity index (χ3v) is 2.74. The number of nitrogens with one attached hydrogen (secondary N) is 1. The molecule has 3 aliphatic rings. The SMILES string of the molecule is C1=CC2=C3CNCCOC3C=CC2=N1. The molecule has 3 rings (SSSR count). The summed E-state index contributed by atoms with van der Waals surface area (Å²) in [6, 6.07) is 0. The lowest BCUT2D eigenvalue weighted by Gasteiger charge is -2.20. The Labute approximate surface area is 82.9 Å². The van der Waals surface area contributed by atoms with Gasteiger partial charge in [0.15, 0.2) is 0 Å². The Balaban J connectivity index is 2.04. The second-order valence-corrected chi connectivity index (χ2v) is 3.60. The van der Waals surface area contributed by atoms with Crippen LogP contribution in [0, 0.1) is 0 Å². The van der Waals surface area contributed by atoms with Gasteiger partial charge in [0.05, 0.1) is 18.4 Å². The molecule has 1 fully saturated rings. The molecule has 3 nitrogen and oxygen atoms in total. The molecule has 1 unspecified atom stereocenters. The normalized spacial score (nSPS) is 29.7. The maximum absolute atomic E-state index is 5.72. The summed E-state index contributed by atoms with van der Waals surface area (Å²) in [5, 5.41) is 3.35. The summed E-state index contributed by atoms with van der Waals surface area (Å²) in [6.45, 7) is 2.62. The van der Waals surface area contributed by atoms with Gasteiger partial charge in [-0.05, 0) is 23.8 Å². The fourth-order valence-corrected chi connectivity index (χ4v) is 2.03. The summed E-state index contributed by atoms with van der Waals surface area (Å²) < 4.78 is 5.72. The van der Waals surface area contributed by atoms with E-state index in [2.05, 4.69) is 28.5 Å². The van der Waals surface area contributed by atoms with Crippen molar-refractivity contribution in [2.75, 3.05) is 19.7 Å². The van der Waals surface area contributed by atoms with Crippen molar-refractivity contribution in [1.82, 2.24) is 5.32 Å². The van der Waals surface area contributed by atoms with E-state index in [1.165, 1.54) is 11.1 Å². The maximum atomic E-state index is 5.72. The van der Waals surface area contributed by atoms with Crippen LogP contribution < -0.4 is 5.32 Å². The highest BCUT2D eigenvalue weighted by atomic mass is 16.5. The van der Waals surface area contributed by atoms with Crippen LogP contribution in [-0.2, 0) is 4.74 Å². The van der Waals surface area contributed by atoms with Gasteiger partial charge in [0.1, 0.15) is 0 Å². The number of ether oxygens (including phenoxy) is 1. The molecule has 72 valence electrons. The number of aliphatic imine (C=N–C) groups is 1. The highest BCUT2D eigenvalue weighted by molar-refractivity contribution is 6.13. The van der Waals surface area contributed by atoms with Gasteiger partial charge in [-0.2, -0.15) is 0 Å². The molecule has 1 N–H and O–H groups in total. The number of hydrogen-bond donors (Lipinski definition) is 1. The monoisotopic (exact) mass is 188 g/mol. The predicted octanol–water partition coefficient (Wildman–Crippen LogP) is 0.809. The van der Waals surface area contributed by atoms with Crippen molar-refractivity contribution in [3.63, 3.8) is 0 Å². The zero-order chi connectivity index (χ0) is 9.38. The molecule has 0 saturated carbocycles. The Kier molecular flexibility index (Phi) is 1.85. The van der Waals surface area contributed by atoms with Crippen LogP contribution in [0.5, 0.6) is 0 Å². The summed E-state index contributed by atoms with van der Waals surface area (Å²) in [5.41, 5.74) is 3.63. The largest absolute Gasteiger partial charge is 0.368 e. The number of hydrogen-bond acceptors (Lipinski definition) is 3. The van der Waals surface area contributed by atoms with Crippen LogP contribution >= 0.6 is 0 Å². The molecule has 3 heteroatoms. The van der Waals surface area contributed by atoms with E-state index in [9.17, 15) is 0 Å². The molecule has 0 spiro atoms. The Morgan fingerprint density at radius 2 is 2.43 bits per heavy atom. The minimum Gasteiger partial charge on any atom is -0.368 e. The Morgan fingerprint density at radius 1 is 1.43 bits per heavy atom. The predicted molar refractivity (Wildman–Crippen MR) is 55.4 cm³/mol. The van der Waals surface area contributed by atoms with E-state index in [0.717, 1.165) is 25.4 Å². The van der Waals surface area contributed by atoms with Gasteiger partial charge >= 0.3 is 0 Å². The highest BCUT2D eigenvalue weighted by Gasteiger charge is 2.24. The third kappa shape index (κ3) is 1.17. The first-order valence-corrected chi connectivity index (χ1v) is 4.93. The third-order valence-electron chi connectivity index (χ3n) is 2.74. The molecule has 2 heterocycles. The van der Waals surface area contributed by atoms with Crippen molar-refractivity contribution in [1.29, 1.82) is 0 Å². The van der Waals surface area contributed by atoms with Crippen molar-refractivity contribution in [2.24, 2.45) is 4.99 Å². The van der Waals surface area contributed by atoms with E-state index in [0.29, 0.717) is 0 Å². The van der Waals surface area contributed by atoms with E-state index < -0.39 is 0 Å². The minimum absolute atomic E-state index is 0.154. The van der Waals surface area contributed by atoms with E-state index >= 15 is 0 Å². The lowest BCUT2D eigenvalue weighted by atomic mass is 9.94. The van der Waals surface area contributed by atoms with E-state index in [-0.39, 0.29) is 6.10 Å². The van der Waals surface area contributed by atoms with Gasteiger partial charge in [0.2, 0.25) is 0 Å². The quantitative estimate of drug-likeness (QED) is 0.610. The number of nitrogens with zero attached hydrogens (tertiary/aromatic N) is 1. The summed E-state index contributed by atoms with van der Waals surface area (Å²) in [6.07, 6.45) is 8.22. The zero-order valence-corrected chi connectivity index (χ0v) is 7.86. The molecule has 0 aromatic heterocycles. The lowest BCUT2D eigenvalue weighted by Crippen LogP contribution is -2.23. The minimum atomic E-state index is 0.154. The first-order chi connectivity index (χ1) is 6.95. The average Bonchev–Trinajstić information content (AvgIpc) is 2.55. The highest BCUT2D eigenvalue weighted by Crippen LogP contribution is 2.25. The fourth-order valence-electron chi connectivity index (χ4n) is 2.03. The summed E-state index contributed by atoms with van der Waals surface area (Å²) >= 11 is 0. The lowest BCUT2D eigenvalue weighted by molar-refractivity contribution is 0.120. The van der Waals surface area contributed by atoms with Crippen LogP contribution in [0.2, 0.25) is 0 Å². The van der Waals surface area contributed by atoms with Crippen molar-refractivity contribution < 1.29 is 4.74 Å². The Morgan fingerprint density at radius 3 is 3.43 bits per heavy atom. The molecular weight excluding hydrogens is 176 g/mol. The Hall–Kier alpha value is -1.19. The van der Waals surface area contributed by atoms with E-state index in [1.54, 1.807) is 0 Å². The number of fused-ring (bicyclic) bond motifs is 2. The van der Waals surface area contributed by atoms with Gasteiger partial charge in [-0.3, -0.25) is 4.99 Å². The van der Waals surface area contributed by atoms with Gasteiger partial charge in [0, 0.05) is 24.9 Å². The molecule has 0 aromatic carbocycles. The van der Waals surface area contributed by atoms with Gasteiger partial charge in [-0.1, -0.05) is 0 Å². The first kappa shape index (κ1) is 8.15. The molecule has 0 amide bonds. The van der Waals surface area contributed by atoms with Crippen molar-refractivity contribution in [2.45, 2.75) is 6.10 Å². The topological polar surface area (TPSA) is 33.6 Å². The smallest absolute Gasteiger partial charge is 0.0993 e. The van der Waals surface area contributed by atoms with Crippen LogP contribution in [0.1, 0.15) is 0 Å².